The molecule has 0 aromatic heterocycles. The third-order valence-electron chi connectivity index (χ3n) is 3.63. The summed E-state index contributed by atoms with van der Waals surface area (Å²) in [6.07, 6.45) is 2.82. The Hall–Kier alpha value is -1.55. The van der Waals surface area contributed by atoms with Crippen molar-refractivity contribution in [3.8, 4) is 5.75 Å². The van der Waals surface area contributed by atoms with Crippen molar-refractivity contribution in [2.45, 2.75) is 44.2 Å². The van der Waals surface area contributed by atoms with Crippen molar-refractivity contribution in [1.82, 2.24) is 5.32 Å². The SMILES string of the molecule is CC[C@@H](COc1ccccc1)NC(=O)C1(O)CCC1. The minimum atomic E-state index is -1.14. The van der Waals surface area contributed by atoms with Crippen molar-refractivity contribution >= 4 is 5.91 Å². The van der Waals surface area contributed by atoms with Gasteiger partial charge in [-0.25, -0.2) is 0 Å². The number of hydrogen-bond acceptors (Lipinski definition) is 3. The maximum atomic E-state index is 11.9. The molecule has 19 heavy (non-hydrogen) atoms. The molecule has 1 aromatic rings. The average Bonchev–Trinajstić information content (AvgIpc) is 2.41. The van der Waals surface area contributed by atoms with E-state index in [9.17, 15) is 9.90 Å². The van der Waals surface area contributed by atoms with Crippen molar-refractivity contribution < 1.29 is 14.6 Å². The number of carbonyl (C=O) groups excluding carboxylic acids is 1. The Morgan fingerprint density at radius 1 is 1.42 bits per heavy atom. The Balaban J connectivity index is 1.81. The fraction of sp³-hybridized carbons (Fsp3) is 0.533. The van der Waals surface area contributed by atoms with Crippen molar-refractivity contribution in [2.24, 2.45) is 0 Å². The van der Waals surface area contributed by atoms with Crippen LogP contribution < -0.4 is 10.1 Å². The molecule has 0 spiro atoms. The molecule has 1 atom stereocenters. The first kappa shape index (κ1) is 13.9. The molecule has 1 saturated carbocycles. The van der Waals surface area contributed by atoms with Gasteiger partial charge in [0.15, 0.2) is 0 Å². The molecule has 1 aliphatic carbocycles. The first-order valence-electron chi connectivity index (χ1n) is 6.85. The van der Waals surface area contributed by atoms with Gasteiger partial charge in [-0.15, -0.1) is 0 Å². The van der Waals surface area contributed by atoms with E-state index in [2.05, 4.69) is 5.32 Å². The second-order valence-electron chi connectivity index (χ2n) is 5.09. The number of hydrogen-bond donors (Lipinski definition) is 2. The molecule has 0 aliphatic heterocycles. The van der Waals surface area contributed by atoms with E-state index in [1.54, 1.807) is 0 Å². The summed E-state index contributed by atoms with van der Waals surface area (Å²) in [4.78, 5) is 11.9. The topological polar surface area (TPSA) is 58.6 Å². The fourth-order valence-corrected chi connectivity index (χ4v) is 2.03. The van der Waals surface area contributed by atoms with Gasteiger partial charge in [-0.05, 0) is 37.8 Å². The molecule has 0 heterocycles. The molecular weight excluding hydrogens is 242 g/mol. The van der Waals surface area contributed by atoms with E-state index < -0.39 is 5.60 Å². The van der Waals surface area contributed by atoms with E-state index in [1.807, 2.05) is 37.3 Å². The van der Waals surface area contributed by atoms with Gasteiger partial charge in [0.1, 0.15) is 18.0 Å². The second kappa shape index (κ2) is 6.06. The number of nitrogens with one attached hydrogen (secondary N) is 1. The van der Waals surface area contributed by atoms with Crippen LogP contribution in [-0.2, 0) is 4.79 Å². The van der Waals surface area contributed by atoms with Gasteiger partial charge in [0.05, 0.1) is 6.04 Å². The molecule has 0 bridgehead atoms. The van der Waals surface area contributed by atoms with Crippen LogP contribution in [-0.4, -0.2) is 29.3 Å². The molecule has 0 unspecified atom stereocenters. The van der Waals surface area contributed by atoms with E-state index in [1.165, 1.54) is 0 Å². The summed E-state index contributed by atoms with van der Waals surface area (Å²) < 4.78 is 5.63. The third kappa shape index (κ3) is 3.47. The van der Waals surface area contributed by atoms with Crippen molar-refractivity contribution in [2.75, 3.05) is 6.61 Å². The van der Waals surface area contributed by atoms with Crippen LogP contribution in [0.4, 0.5) is 0 Å². The van der Waals surface area contributed by atoms with Crippen LogP contribution in [0.3, 0.4) is 0 Å². The third-order valence-corrected chi connectivity index (χ3v) is 3.63. The van der Waals surface area contributed by atoms with Gasteiger partial charge in [0.2, 0.25) is 0 Å². The van der Waals surface area contributed by atoms with Crippen LogP contribution in [0.25, 0.3) is 0 Å². The first-order chi connectivity index (χ1) is 9.14. The van der Waals surface area contributed by atoms with Crippen LogP contribution >= 0.6 is 0 Å². The minimum Gasteiger partial charge on any atom is -0.491 e. The molecule has 1 fully saturated rings. The first-order valence-corrected chi connectivity index (χ1v) is 6.85. The van der Waals surface area contributed by atoms with Crippen LogP contribution in [0.2, 0.25) is 0 Å². The Labute approximate surface area is 113 Å². The zero-order valence-corrected chi connectivity index (χ0v) is 11.3. The lowest BCUT2D eigenvalue weighted by molar-refractivity contribution is -0.149. The summed E-state index contributed by atoms with van der Waals surface area (Å²) in [6, 6.07) is 9.44. The lowest BCUT2D eigenvalue weighted by Gasteiger charge is -2.36. The van der Waals surface area contributed by atoms with Gasteiger partial charge in [0.25, 0.3) is 5.91 Å². The van der Waals surface area contributed by atoms with Gasteiger partial charge in [0, 0.05) is 0 Å². The van der Waals surface area contributed by atoms with Crippen molar-refractivity contribution in [1.29, 1.82) is 0 Å². The molecule has 1 aromatic carbocycles. The van der Waals surface area contributed by atoms with Crippen LogP contribution in [0, 0.1) is 0 Å². The number of aliphatic hydroxyl groups is 1. The molecule has 0 saturated heterocycles. The Morgan fingerprint density at radius 3 is 2.63 bits per heavy atom. The number of para-hydroxylation sites is 1. The number of amides is 1. The largest absolute Gasteiger partial charge is 0.491 e. The van der Waals surface area contributed by atoms with E-state index in [-0.39, 0.29) is 11.9 Å². The van der Waals surface area contributed by atoms with Gasteiger partial charge in [-0.3, -0.25) is 4.79 Å². The molecule has 1 amide bonds. The molecule has 0 radical (unpaired) electrons. The number of rotatable bonds is 6. The predicted octanol–water partition coefficient (Wildman–Crippen LogP) is 1.88. The predicted molar refractivity (Wildman–Crippen MR) is 73.0 cm³/mol. The van der Waals surface area contributed by atoms with Crippen molar-refractivity contribution in [3.05, 3.63) is 30.3 Å². The summed E-state index contributed by atoms with van der Waals surface area (Å²) in [6.45, 7) is 2.41. The maximum Gasteiger partial charge on any atom is 0.252 e. The van der Waals surface area contributed by atoms with E-state index in [0.29, 0.717) is 19.4 Å². The highest BCUT2D eigenvalue weighted by molar-refractivity contribution is 5.86. The Morgan fingerprint density at radius 2 is 2.11 bits per heavy atom. The fourth-order valence-electron chi connectivity index (χ4n) is 2.03. The maximum absolute atomic E-state index is 11.9. The lowest BCUT2D eigenvalue weighted by Crippen LogP contribution is -2.55. The highest BCUT2D eigenvalue weighted by Crippen LogP contribution is 2.31. The Bertz CT molecular complexity index is 415. The molecule has 4 heteroatoms. The van der Waals surface area contributed by atoms with E-state index in [0.717, 1.165) is 18.6 Å². The number of ether oxygens (including phenoxy) is 1. The van der Waals surface area contributed by atoms with Crippen LogP contribution in [0.15, 0.2) is 30.3 Å². The summed E-state index contributed by atoms with van der Waals surface area (Å²) in [7, 11) is 0. The molecule has 4 nitrogen and oxygen atoms in total. The highest BCUT2D eigenvalue weighted by atomic mass is 16.5. The Kier molecular flexibility index (Phi) is 4.43. The second-order valence-corrected chi connectivity index (χ2v) is 5.09. The molecule has 1 aliphatic rings. The smallest absolute Gasteiger partial charge is 0.252 e. The number of carbonyl (C=O) groups is 1. The standard InChI is InChI=1S/C15H21NO3/c1-2-12(11-19-13-7-4-3-5-8-13)16-14(17)15(18)9-6-10-15/h3-5,7-8,12,18H,2,6,9-11H2,1H3,(H,16,17)/t12-/m0/s1. The summed E-state index contributed by atoms with van der Waals surface area (Å²) >= 11 is 0. The quantitative estimate of drug-likeness (QED) is 0.824. The number of benzene rings is 1. The average molecular weight is 263 g/mol. The van der Waals surface area contributed by atoms with Crippen LogP contribution in [0.5, 0.6) is 5.75 Å². The normalized spacial score (nSPS) is 18.2. The van der Waals surface area contributed by atoms with E-state index >= 15 is 0 Å². The summed E-state index contributed by atoms with van der Waals surface area (Å²) in [5, 5.41) is 12.8. The lowest BCUT2D eigenvalue weighted by atomic mass is 9.79. The van der Waals surface area contributed by atoms with E-state index in [4.69, 9.17) is 4.74 Å². The molecular formula is C15H21NO3. The van der Waals surface area contributed by atoms with Crippen molar-refractivity contribution in [3.63, 3.8) is 0 Å². The minimum absolute atomic E-state index is 0.0719. The van der Waals surface area contributed by atoms with Crippen LogP contribution in [0.1, 0.15) is 32.6 Å². The molecule has 2 rings (SSSR count). The zero-order chi connectivity index (χ0) is 13.7. The van der Waals surface area contributed by atoms with Gasteiger partial charge in [-0.2, -0.15) is 0 Å². The summed E-state index contributed by atoms with van der Waals surface area (Å²) in [5.74, 6) is 0.528. The monoisotopic (exact) mass is 263 g/mol. The molecule has 104 valence electrons. The van der Waals surface area contributed by atoms with Gasteiger partial charge >= 0.3 is 0 Å². The molecule has 2 N–H and O–H groups in total. The van der Waals surface area contributed by atoms with Gasteiger partial charge in [-0.1, -0.05) is 25.1 Å². The highest BCUT2D eigenvalue weighted by Gasteiger charge is 2.42. The summed E-state index contributed by atoms with van der Waals surface area (Å²) in [5.41, 5.74) is -1.14. The zero-order valence-electron chi connectivity index (χ0n) is 11.3. The van der Waals surface area contributed by atoms with Gasteiger partial charge < -0.3 is 15.2 Å².